The molecule has 1 saturated carbocycles. The molecule has 2 unspecified atom stereocenters. The second-order valence-corrected chi connectivity index (χ2v) is 7.03. The van der Waals surface area contributed by atoms with Crippen molar-refractivity contribution >= 4 is 17.0 Å². The van der Waals surface area contributed by atoms with Gasteiger partial charge in [0.1, 0.15) is 5.75 Å². The van der Waals surface area contributed by atoms with Crippen LogP contribution in [0.15, 0.2) is 18.2 Å². The molecule has 1 aliphatic heterocycles. The molecular weight excluding hydrogens is 326 g/mol. The third-order valence-corrected chi connectivity index (χ3v) is 6.32. The number of piperidine rings is 1. The van der Waals surface area contributed by atoms with Crippen LogP contribution >= 0.6 is 17.0 Å². The summed E-state index contributed by atoms with van der Waals surface area (Å²) >= 11 is 0. The van der Waals surface area contributed by atoms with E-state index in [1.807, 2.05) is 0 Å². The molecule has 2 fully saturated rings. The number of likely N-dealkylation sites (tertiary alicyclic amines) is 1. The summed E-state index contributed by atoms with van der Waals surface area (Å²) in [5.74, 6) is 1.91. The summed E-state index contributed by atoms with van der Waals surface area (Å²) in [6.45, 7) is 1.26. The van der Waals surface area contributed by atoms with Gasteiger partial charge in [0, 0.05) is 11.5 Å². The lowest BCUT2D eigenvalue weighted by Gasteiger charge is -2.58. The second-order valence-electron chi connectivity index (χ2n) is 7.03. The van der Waals surface area contributed by atoms with E-state index in [0.717, 1.165) is 17.7 Å². The fourth-order valence-electron chi connectivity index (χ4n) is 5.30. The first-order valence-corrected chi connectivity index (χ1v) is 8.12. The van der Waals surface area contributed by atoms with Crippen LogP contribution in [0.1, 0.15) is 43.2 Å². The van der Waals surface area contributed by atoms with Crippen molar-refractivity contribution in [2.75, 3.05) is 20.7 Å². The van der Waals surface area contributed by atoms with Crippen LogP contribution in [0.2, 0.25) is 0 Å². The summed E-state index contributed by atoms with van der Waals surface area (Å²) in [6.07, 6.45) is 8.22. The van der Waals surface area contributed by atoms with Crippen LogP contribution in [0.3, 0.4) is 0 Å². The largest absolute Gasteiger partial charge is 0.497 e. The summed E-state index contributed by atoms with van der Waals surface area (Å²) in [5.41, 5.74) is 3.67. The maximum absolute atomic E-state index is 5.51. The molecule has 116 valence electrons. The minimum absolute atomic E-state index is 0. The molecule has 1 aromatic rings. The molecular formula is C18H26BrNO. The number of hydrogen-bond acceptors (Lipinski definition) is 2. The highest BCUT2D eigenvalue weighted by molar-refractivity contribution is 8.93. The monoisotopic (exact) mass is 351 g/mol. The summed E-state index contributed by atoms with van der Waals surface area (Å²) in [5, 5.41) is 0. The van der Waals surface area contributed by atoms with Gasteiger partial charge in [-0.2, -0.15) is 0 Å². The van der Waals surface area contributed by atoms with Crippen molar-refractivity contribution in [3.05, 3.63) is 29.3 Å². The van der Waals surface area contributed by atoms with Crippen molar-refractivity contribution in [2.24, 2.45) is 5.92 Å². The lowest BCUT2D eigenvalue weighted by atomic mass is 9.52. The van der Waals surface area contributed by atoms with Gasteiger partial charge < -0.3 is 9.64 Å². The van der Waals surface area contributed by atoms with Gasteiger partial charge in [-0.1, -0.05) is 18.9 Å². The fraction of sp³-hybridized carbons (Fsp3) is 0.667. The van der Waals surface area contributed by atoms with Crippen molar-refractivity contribution in [1.82, 2.24) is 4.90 Å². The minimum Gasteiger partial charge on any atom is -0.497 e. The molecule has 2 aliphatic carbocycles. The van der Waals surface area contributed by atoms with E-state index in [0.29, 0.717) is 5.41 Å². The summed E-state index contributed by atoms with van der Waals surface area (Å²) < 4.78 is 5.51. The lowest BCUT2D eigenvalue weighted by molar-refractivity contribution is 0.00274. The van der Waals surface area contributed by atoms with Crippen LogP contribution in [0, 0.1) is 5.92 Å². The maximum atomic E-state index is 5.51. The third-order valence-electron chi connectivity index (χ3n) is 6.32. The van der Waals surface area contributed by atoms with Gasteiger partial charge in [-0.25, -0.2) is 0 Å². The third kappa shape index (κ3) is 2.16. The molecule has 3 atom stereocenters. The number of halogens is 1. The van der Waals surface area contributed by atoms with Crippen LogP contribution in [0.5, 0.6) is 5.75 Å². The highest BCUT2D eigenvalue weighted by atomic mass is 79.9. The van der Waals surface area contributed by atoms with Gasteiger partial charge in [-0.05, 0) is 68.5 Å². The molecule has 4 rings (SSSR count). The number of benzene rings is 1. The Bertz CT molecular complexity index is 532. The summed E-state index contributed by atoms with van der Waals surface area (Å²) in [6, 6.07) is 7.60. The van der Waals surface area contributed by atoms with E-state index in [4.69, 9.17) is 4.74 Å². The van der Waals surface area contributed by atoms with Gasteiger partial charge in [-0.3, -0.25) is 0 Å². The van der Waals surface area contributed by atoms with E-state index in [2.05, 4.69) is 30.1 Å². The first-order valence-electron chi connectivity index (χ1n) is 8.12. The standard InChI is InChI=1S/C18H25NO.BrH/c1-19-10-9-18-8-4-3-5-15(18)17(19)11-13-6-7-14(20-2)12-16(13)18;/h6-7,12,15,17H,3-5,8-11H2,1-2H3;1H/t15?,17?,18-;/m1./s1. The normalized spacial score (nSPS) is 34.4. The second kappa shape index (κ2) is 5.58. The van der Waals surface area contributed by atoms with Gasteiger partial charge in [0.15, 0.2) is 0 Å². The van der Waals surface area contributed by atoms with E-state index < -0.39 is 0 Å². The van der Waals surface area contributed by atoms with Crippen LogP contribution in [-0.2, 0) is 11.8 Å². The van der Waals surface area contributed by atoms with Crippen molar-refractivity contribution in [2.45, 2.75) is 50.0 Å². The quantitative estimate of drug-likeness (QED) is 0.759. The molecule has 21 heavy (non-hydrogen) atoms. The molecule has 0 radical (unpaired) electrons. The van der Waals surface area contributed by atoms with Crippen molar-refractivity contribution < 1.29 is 4.74 Å². The van der Waals surface area contributed by atoms with Crippen LogP contribution in [-0.4, -0.2) is 31.6 Å². The van der Waals surface area contributed by atoms with Crippen LogP contribution in [0.4, 0.5) is 0 Å². The number of methoxy groups -OCH3 is 1. The molecule has 0 amide bonds. The Hall–Kier alpha value is -0.540. The van der Waals surface area contributed by atoms with E-state index in [9.17, 15) is 0 Å². The van der Waals surface area contributed by atoms with Gasteiger partial charge in [0.05, 0.1) is 7.11 Å². The highest BCUT2D eigenvalue weighted by Gasteiger charge is 2.53. The van der Waals surface area contributed by atoms with Crippen molar-refractivity contribution in [3.63, 3.8) is 0 Å². The summed E-state index contributed by atoms with van der Waals surface area (Å²) in [4.78, 5) is 2.63. The first kappa shape index (κ1) is 15.4. The van der Waals surface area contributed by atoms with Gasteiger partial charge >= 0.3 is 0 Å². The lowest BCUT2D eigenvalue weighted by Crippen LogP contribution is -2.59. The van der Waals surface area contributed by atoms with E-state index in [1.54, 1.807) is 18.2 Å². The molecule has 2 nitrogen and oxygen atoms in total. The Morgan fingerprint density at radius 1 is 1.24 bits per heavy atom. The first-order chi connectivity index (χ1) is 9.74. The number of nitrogens with zero attached hydrogens (tertiary/aromatic N) is 1. The molecule has 1 heterocycles. The number of hydrogen-bond donors (Lipinski definition) is 0. The molecule has 1 aromatic carbocycles. The Balaban J connectivity index is 0.00000132. The highest BCUT2D eigenvalue weighted by Crippen LogP contribution is 2.55. The molecule has 1 saturated heterocycles. The number of rotatable bonds is 1. The minimum atomic E-state index is 0. The van der Waals surface area contributed by atoms with Gasteiger partial charge in [0.2, 0.25) is 0 Å². The Labute approximate surface area is 138 Å². The Morgan fingerprint density at radius 2 is 2.10 bits per heavy atom. The zero-order valence-electron chi connectivity index (χ0n) is 13.1. The zero-order valence-corrected chi connectivity index (χ0v) is 14.8. The van der Waals surface area contributed by atoms with Crippen molar-refractivity contribution in [3.8, 4) is 5.75 Å². The maximum Gasteiger partial charge on any atom is 0.119 e. The SMILES string of the molecule is Br.COc1ccc2c(c1)[C@@]13CCCCC1C(C2)N(C)CC3. The van der Waals surface area contributed by atoms with E-state index in [1.165, 1.54) is 45.1 Å². The number of fused-ring (bicyclic) bond motifs is 1. The van der Waals surface area contributed by atoms with Crippen LogP contribution in [0.25, 0.3) is 0 Å². The number of likely N-dealkylation sites (N-methyl/N-ethyl adjacent to an activating group) is 1. The summed E-state index contributed by atoms with van der Waals surface area (Å²) in [7, 11) is 4.12. The van der Waals surface area contributed by atoms with Crippen molar-refractivity contribution in [1.29, 1.82) is 0 Å². The average Bonchev–Trinajstić information content (AvgIpc) is 2.50. The smallest absolute Gasteiger partial charge is 0.119 e. The Kier molecular flexibility index (Phi) is 4.08. The van der Waals surface area contributed by atoms with E-state index >= 15 is 0 Å². The average molecular weight is 352 g/mol. The molecule has 3 heteroatoms. The molecule has 0 spiro atoms. The zero-order chi connectivity index (χ0) is 13.7. The van der Waals surface area contributed by atoms with Gasteiger partial charge in [-0.15, -0.1) is 17.0 Å². The predicted molar refractivity (Wildman–Crippen MR) is 91.7 cm³/mol. The predicted octanol–water partition coefficient (Wildman–Crippen LogP) is 3.96. The fourth-order valence-corrected chi connectivity index (χ4v) is 5.30. The molecule has 0 aromatic heterocycles. The molecule has 3 aliphatic rings. The topological polar surface area (TPSA) is 12.5 Å². The number of ether oxygens (including phenoxy) is 1. The molecule has 2 bridgehead atoms. The van der Waals surface area contributed by atoms with Gasteiger partial charge in [0.25, 0.3) is 0 Å². The molecule has 0 N–H and O–H groups in total. The Morgan fingerprint density at radius 3 is 2.90 bits per heavy atom. The van der Waals surface area contributed by atoms with Crippen LogP contribution < -0.4 is 4.74 Å². The van der Waals surface area contributed by atoms with E-state index in [-0.39, 0.29) is 17.0 Å².